The summed E-state index contributed by atoms with van der Waals surface area (Å²) in [5.74, 6) is -0.132. The van der Waals surface area contributed by atoms with Gasteiger partial charge >= 0.3 is 0 Å². The minimum atomic E-state index is -0.864. The normalized spacial score (nSPS) is 10.5. The van der Waals surface area contributed by atoms with Crippen LogP contribution in [0.15, 0.2) is 11.6 Å². The first-order chi connectivity index (χ1) is 4.90. The van der Waals surface area contributed by atoms with Gasteiger partial charge < -0.3 is 4.79 Å². The average molecular weight is 154 g/mol. The molecule has 0 aromatic carbocycles. The van der Waals surface area contributed by atoms with Gasteiger partial charge in [0.1, 0.15) is 6.29 Å². The molecule has 0 aliphatic carbocycles. The van der Waals surface area contributed by atoms with Crippen LogP contribution in [0.1, 0.15) is 27.7 Å². The number of carbonyl (C=O) groups excluding carboxylic acids is 2. The molecule has 0 fully saturated rings. The van der Waals surface area contributed by atoms with Crippen LogP contribution < -0.4 is 0 Å². The van der Waals surface area contributed by atoms with E-state index in [-0.39, 0.29) is 5.78 Å². The molecule has 2 nitrogen and oxygen atoms in total. The largest absolute Gasteiger partial charge is 0.302 e. The molecule has 11 heavy (non-hydrogen) atoms. The molecule has 0 saturated heterocycles. The molecule has 0 rings (SSSR count). The summed E-state index contributed by atoms with van der Waals surface area (Å²) in [5.41, 5.74) is 0.0574. The SMILES string of the molecule is CC(C)=CC(=O)C(C)(C)C=O. The molecule has 0 saturated carbocycles. The Kier molecular flexibility index (Phi) is 3.18. The first-order valence-corrected chi connectivity index (χ1v) is 3.56. The van der Waals surface area contributed by atoms with E-state index in [9.17, 15) is 9.59 Å². The second kappa shape index (κ2) is 3.46. The Balaban J connectivity index is 4.50. The van der Waals surface area contributed by atoms with Crippen LogP contribution in [-0.2, 0) is 9.59 Å². The van der Waals surface area contributed by atoms with E-state index in [1.165, 1.54) is 6.08 Å². The third-order valence-corrected chi connectivity index (χ3v) is 1.35. The van der Waals surface area contributed by atoms with Crippen LogP contribution in [0.5, 0.6) is 0 Å². The lowest BCUT2D eigenvalue weighted by Crippen LogP contribution is -2.23. The predicted octanol–water partition coefficient (Wildman–Crippen LogP) is 1.75. The highest BCUT2D eigenvalue weighted by molar-refractivity contribution is 6.04. The molecule has 62 valence electrons. The highest BCUT2D eigenvalue weighted by Crippen LogP contribution is 2.13. The molecule has 0 unspecified atom stereocenters. The summed E-state index contributed by atoms with van der Waals surface area (Å²) in [6.45, 7) is 6.89. The molecule has 0 atom stereocenters. The Morgan fingerprint density at radius 2 is 1.73 bits per heavy atom. The lowest BCUT2D eigenvalue weighted by atomic mass is 9.89. The molecule has 0 aliphatic heterocycles. The molecule has 0 bridgehead atoms. The molecule has 2 heteroatoms. The Hall–Kier alpha value is -0.920. The van der Waals surface area contributed by atoms with Gasteiger partial charge in [0.05, 0.1) is 5.41 Å². The van der Waals surface area contributed by atoms with Gasteiger partial charge in [0, 0.05) is 0 Å². The fraction of sp³-hybridized carbons (Fsp3) is 0.556. The molecular formula is C9H14O2. The van der Waals surface area contributed by atoms with Crippen molar-refractivity contribution in [2.45, 2.75) is 27.7 Å². The van der Waals surface area contributed by atoms with Crippen LogP contribution in [0.4, 0.5) is 0 Å². The standard InChI is InChI=1S/C9H14O2/c1-7(2)5-8(11)9(3,4)6-10/h5-6H,1-4H3. The van der Waals surface area contributed by atoms with Crippen LogP contribution in [0.2, 0.25) is 0 Å². The van der Waals surface area contributed by atoms with Crippen molar-refractivity contribution >= 4 is 12.1 Å². The maximum atomic E-state index is 11.2. The van der Waals surface area contributed by atoms with E-state index in [0.29, 0.717) is 6.29 Å². The van der Waals surface area contributed by atoms with Gasteiger partial charge in [-0.3, -0.25) is 4.79 Å². The molecular weight excluding hydrogens is 140 g/mol. The average Bonchev–Trinajstić information content (AvgIpc) is 1.86. The van der Waals surface area contributed by atoms with Crippen molar-refractivity contribution in [2.75, 3.05) is 0 Å². The van der Waals surface area contributed by atoms with E-state index >= 15 is 0 Å². The van der Waals surface area contributed by atoms with Gasteiger partial charge in [-0.25, -0.2) is 0 Å². The van der Waals surface area contributed by atoms with Crippen LogP contribution in [0.25, 0.3) is 0 Å². The monoisotopic (exact) mass is 154 g/mol. The quantitative estimate of drug-likeness (QED) is 0.352. The zero-order chi connectivity index (χ0) is 9.07. The van der Waals surface area contributed by atoms with Crippen LogP contribution in [0.3, 0.4) is 0 Å². The third kappa shape index (κ3) is 3.12. The number of ketones is 1. The number of allylic oxidation sites excluding steroid dienone is 2. The van der Waals surface area contributed by atoms with Gasteiger partial charge in [0.25, 0.3) is 0 Å². The van der Waals surface area contributed by atoms with Gasteiger partial charge in [-0.15, -0.1) is 0 Å². The van der Waals surface area contributed by atoms with Crippen molar-refractivity contribution in [2.24, 2.45) is 5.41 Å². The molecule has 0 amide bonds. The van der Waals surface area contributed by atoms with Gasteiger partial charge in [-0.05, 0) is 33.8 Å². The minimum Gasteiger partial charge on any atom is -0.302 e. The Morgan fingerprint density at radius 1 is 1.27 bits per heavy atom. The predicted molar refractivity (Wildman–Crippen MR) is 44.3 cm³/mol. The minimum absolute atomic E-state index is 0.132. The second-order valence-electron chi connectivity index (χ2n) is 3.43. The van der Waals surface area contributed by atoms with Crippen LogP contribution >= 0.6 is 0 Å². The van der Waals surface area contributed by atoms with E-state index in [4.69, 9.17) is 0 Å². The summed E-state index contributed by atoms with van der Waals surface area (Å²) in [4.78, 5) is 21.6. The Morgan fingerprint density at radius 3 is 2.00 bits per heavy atom. The van der Waals surface area contributed by atoms with Crippen LogP contribution in [-0.4, -0.2) is 12.1 Å². The van der Waals surface area contributed by atoms with Gasteiger partial charge in [-0.2, -0.15) is 0 Å². The lowest BCUT2D eigenvalue weighted by Gasteiger charge is -2.11. The molecule has 0 aromatic rings. The van der Waals surface area contributed by atoms with Crippen molar-refractivity contribution in [3.8, 4) is 0 Å². The maximum absolute atomic E-state index is 11.2. The fourth-order valence-corrected chi connectivity index (χ4v) is 0.506. The first-order valence-electron chi connectivity index (χ1n) is 3.56. The van der Waals surface area contributed by atoms with Crippen molar-refractivity contribution in [3.05, 3.63) is 11.6 Å². The van der Waals surface area contributed by atoms with E-state index in [1.54, 1.807) is 13.8 Å². The summed E-state index contributed by atoms with van der Waals surface area (Å²) in [6, 6.07) is 0. The summed E-state index contributed by atoms with van der Waals surface area (Å²) in [5, 5.41) is 0. The number of aldehydes is 1. The number of rotatable bonds is 3. The van der Waals surface area contributed by atoms with E-state index < -0.39 is 5.41 Å². The third-order valence-electron chi connectivity index (χ3n) is 1.35. The first kappa shape index (κ1) is 10.1. The van der Waals surface area contributed by atoms with Gasteiger partial charge in [-0.1, -0.05) is 5.57 Å². The fourth-order valence-electron chi connectivity index (χ4n) is 0.506. The molecule has 0 N–H and O–H groups in total. The van der Waals surface area contributed by atoms with Crippen molar-refractivity contribution in [1.82, 2.24) is 0 Å². The van der Waals surface area contributed by atoms with Crippen molar-refractivity contribution in [1.29, 1.82) is 0 Å². The topological polar surface area (TPSA) is 34.1 Å². The zero-order valence-corrected chi connectivity index (χ0v) is 7.47. The smallest absolute Gasteiger partial charge is 0.168 e. The van der Waals surface area contributed by atoms with Crippen LogP contribution in [0, 0.1) is 5.41 Å². The summed E-state index contributed by atoms with van der Waals surface area (Å²) >= 11 is 0. The highest BCUT2D eigenvalue weighted by atomic mass is 16.1. The Bertz CT molecular complexity index is 196. The summed E-state index contributed by atoms with van der Waals surface area (Å²) < 4.78 is 0. The lowest BCUT2D eigenvalue weighted by molar-refractivity contribution is -0.129. The molecule has 0 spiro atoms. The van der Waals surface area contributed by atoms with E-state index in [1.807, 2.05) is 13.8 Å². The second-order valence-corrected chi connectivity index (χ2v) is 3.43. The summed E-state index contributed by atoms with van der Waals surface area (Å²) in [6.07, 6.45) is 2.17. The molecule has 0 aliphatic rings. The van der Waals surface area contributed by atoms with Gasteiger partial charge in [0.2, 0.25) is 0 Å². The molecule has 0 heterocycles. The Labute approximate surface area is 67.3 Å². The maximum Gasteiger partial charge on any atom is 0.168 e. The molecule has 0 radical (unpaired) electrons. The number of hydrogen-bond acceptors (Lipinski definition) is 2. The summed E-state index contributed by atoms with van der Waals surface area (Å²) in [7, 11) is 0. The van der Waals surface area contributed by atoms with Gasteiger partial charge in [0.15, 0.2) is 5.78 Å². The van der Waals surface area contributed by atoms with E-state index in [0.717, 1.165) is 5.57 Å². The van der Waals surface area contributed by atoms with E-state index in [2.05, 4.69) is 0 Å². The molecule has 0 aromatic heterocycles. The zero-order valence-electron chi connectivity index (χ0n) is 7.47. The number of carbonyl (C=O) groups is 2. The van der Waals surface area contributed by atoms with Crippen molar-refractivity contribution in [3.63, 3.8) is 0 Å². The number of hydrogen-bond donors (Lipinski definition) is 0. The van der Waals surface area contributed by atoms with Crippen molar-refractivity contribution < 1.29 is 9.59 Å². The highest BCUT2D eigenvalue weighted by Gasteiger charge is 2.24.